The molecule has 0 unspecified atom stereocenters. The number of nitrogen functional groups attached to an aromatic ring is 1. The fourth-order valence-corrected chi connectivity index (χ4v) is 3.96. The molecule has 1 saturated heterocycles. The van der Waals surface area contributed by atoms with Crippen molar-refractivity contribution < 1.29 is 4.79 Å². The zero-order valence-electron chi connectivity index (χ0n) is 11.7. The molecule has 5 nitrogen and oxygen atoms in total. The molecule has 7 heteroatoms. The van der Waals surface area contributed by atoms with Gasteiger partial charge >= 0.3 is 0 Å². The van der Waals surface area contributed by atoms with Gasteiger partial charge in [0.2, 0.25) is 0 Å². The predicted octanol–water partition coefficient (Wildman–Crippen LogP) is 2.71. The zero-order valence-corrected chi connectivity index (χ0v) is 13.3. The molecule has 3 heterocycles. The fraction of sp³-hybridized carbons (Fsp3) is 0.429. The molecular weight excluding hydrogens is 304 g/mol. The van der Waals surface area contributed by atoms with Gasteiger partial charge in [-0.1, -0.05) is 17.4 Å². The van der Waals surface area contributed by atoms with E-state index in [0.717, 1.165) is 23.1 Å². The minimum atomic E-state index is -0.137. The number of anilines is 2. The number of nitrogens with one attached hydrogen (secondary N) is 1. The van der Waals surface area contributed by atoms with Crippen molar-refractivity contribution in [2.75, 3.05) is 23.7 Å². The maximum Gasteiger partial charge on any atom is 0.265 e. The van der Waals surface area contributed by atoms with Crippen LogP contribution < -0.4 is 16.0 Å². The monoisotopic (exact) mass is 322 g/mol. The van der Waals surface area contributed by atoms with E-state index < -0.39 is 0 Å². The number of nitrogens with two attached hydrogens (primary N) is 1. The number of carbonyl (C=O) groups is 1. The maximum absolute atomic E-state index is 12.2. The smallest absolute Gasteiger partial charge is 0.265 e. The second kappa shape index (κ2) is 6.44. The van der Waals surface area contributed by atoms with Crippen LogP contribution >= 0.6 is 22.7 Å². The Balaban J connectivity index is 1.66. The van der Waals surface area contributed by atoms with Gasteiger partial charge in [-0.3, -0.25) is 4.79 Å². The second-order valence-corrected chi connectivity index (χ2v) is 7.03. The normalized spacial score (nSPS) is 15.1. The molecule has 112 valence electrons. The number of thiazole rings is 1. The second-order valence-electron chi connectivity index (χ2n) is 5.02. The first kappa shape index (κ1) is 14.3. The summed E-state index contributed by atoms with van der Waals surface area (Å²) < 4.78 is 0. The summed E-state index contributed by atoms with van der Waals surface area (Å²) in [5.74, 6) is 0.200. The third kappa shape index (κ3) is 3.36. The molecule has 1 aliphatic rings. The van der Waals surface area contributed by atoms with Crippen molar-refractivity contribution >= 4 is 39.5 Å². The third-order valence-electron chi connectivity index (χ3n) is 3.48. The number of amides is 1. The molecule has 3 rings (SSSR count). The number of aromatic nitrogens is 1. The largest absolute Gasteiger partial charge is 0.382 e. The summed E-state index contributed by atoms with van der Waals surface area (Å²) >= 11 is 3.02. The molecule has 0 atom stereocenters. The Morgan fingerprint density at radius 1 is 1.38 bits per heavy atom. The van der Waals surface area contributed by atoms with Gasteiger partial charge < -0.3 is 16.0 Å². The molecule has 1 amide bonds. The topological polar surface area (TPSA) is 71.2 Å². The van der Waals surface area contributed by atoms with Gasteiger partial charge in [-0.2, -0.15) is 0 Å². The standard InChI is InChI=1S/C14H18N4OS2/c15-12-11(13(19)16-9-10-5-4-8-20-10)21-14(17-12)18-6-2-1-3-7-18/h4-5,8H,1-3,6-7,9,15H2,(H,16,19). The van der Waals surface area contributed by atoms with E-state index >= 15 is 0 Å². The van der Waals surface area contributed by atoms with E-state index in [1.165, 1.54) is 30.6 Å². The lowest BCUT2D eigenvalue weighted by Crippen LogP contribution is -2.29. The molecule has 21 heavy (non-hydrogen) atoms. The molecular formula is C14H18N4OS2. The molecule has 0 aromatic carbocycles. The third-order valence-corrected chi connectivity index (χ3v) is 5.49. The van der Waals surface area contributed by atoms with Crippen LogP contribution in [-0.4, -0.2) is 24.0 Å². The van der Waals surface area contributed by atoms with Crippen LogP contribution in [-0.2, 0) is 6.54 Å². The van der Waals surface area contributed by atoms with Gasteiger partial charge in [0.25, 0.3) is 5.91 Å². The van der Waals surface area contributed by atoms with Crippen molar-refractivity contribution in [3.63, 3.8) is 0 Å². The van der Waals surface area contributed by atoms with Gasteiger partial charge in [-0.05, 0) is 30.7 Å². The molecule has 1 fully saturated rings. The first-order valence-electron chi connectivity index (χ1n) is 7.06. The van der Waals surface area contributed by atoms with Crippen LogP contribution in [0.25, 0.3) is 0 Å². The fourth-order valence-electron chi connectivity index (χ4n) is 2.36. The Morgan fingerprint density at radius 3 is 2.90 bits per heavy atom. The van der Waals surface area contributed by atoms with E-state index in [-0.39, 0.29) is 5.91 Å². The first-order valence-corrected chi connectivity index (χ1v) is 8.75. The molecule has 0 spiro atoms. The molecule has 3 N–H and O–H groups in total. The highest BCUT2D eigenvalue weighted by Crippen LogP contribution is 2.30. The summed E-state index contributed by atoms with van der Waals surface area (Å²) in [6.45, 7) is 2.54. The molecule has 0 aliphatic carbocycles. The van der Waals surface area contributed by atoms with Crippen LogP contribution in [0.4, 0.5) is 10.9 Å². The summed E-state index contributed by atoms with van der Waals surface area (Å²) in [6.07, 6.45) is 3.63. The summed E-state index contributed by atoms with van der Waals surface area (Å²) in [5, 5.41) is 5.77. The predicted molar refractivity (Wildman–Crippen MR) is 88.1 cm³/mol. The van der Waals surface area contributed by atoms with Gasteiger partial charge in [0, 0.05) is 18.0 Å². The summed E-state index contributed by atoms with van der Waals surface area (Å²) in [5.41, 5.74) is 5.91. The van der Waals surface area contributed by atoms with Crippen molar-refractivity contribution in [2.24, 2.45) is 0 Å². The highest BCUT2D eigenvalue weighted by molar-refractivity contribution is 7.18. The van der Waals surface area contributed by atoms with Gasteiger partial charge in [0.15, 0.2) is 5.13 Å². The quantitative estimate of drug-likeness (QED) is 0.908. The highest BCUT2D eigenvalue weighted by Gasteiger charge is 2.20. The number of nitrogens with zero attached hydrogens (tertiary/aromatic N) is 2. The van der Waals surface area contributed by atoms with E-state index in [2.05, 4.69) is 15.2 Å². The van der Waals surface area contributed by atoms with Crippen molar-refractivity contribution in [3.05, 3.63) is 27.3 Å². The minimum absolute atomic E-state index is 0.137. The van der Waals surface area contributed by atoms with Crippen LogP contribution in [0.5, 0.6) is 0 Å². The van der Waals surface area contributed by atoms with Crippen molar-refractivity contribution in [2.45, 2.75) is 25.8 Å². The van der Waals surface area contributed by atoms with E-state index in [0.29, 0.717) is 17.2 Å². The van der Waals surface area contributed by atoms with Gasteiger partial charge in [0.05, 0.1) is 6.54 Å². The average molecular weight is 322 g/mol. The van der Waals surface area contributed by atoms with Gasteiger partial charge in [-0.15, -0.1) is 11.3 Å². The Labute approximate surface area is 131 Å². The van der Waals surface area contributed by atoms with E-state index in [1.54, 1.807) is 11.3 Å². The summed E-state index contributed by atoms with van der Waals surface area (Å²) in [6, 6.07) is 3.97. The lowest BCUT2D eigenvalue weighted by atomic mass is 10.1. The van der Waals surface area contributed by atoms with Gasteiger partial charge in [-0.25, -0.2) is 4.98 Å². The highest BCUT2D eigenvalue weighted by atomic mass is 32.1. The number of hydrogen-bond donors (Lipinski definition) is 2. The average Bonchev–Trinajstić information content (AvgIpc) is 3.15. The van der Waals surface area contributed by atoms with Crippen LogP contribution in [0.2, 0.25) is 0 Å². The SMILES string of the molecule is Nc1nc(N2CCCCC2)sc1C(=O)NCc1cccs1. The number of carbonyl (C=O) groups excluding carboxylic acids is 1. The van der Waals surface area contributed by atoms with Crippen molar-refractivity contribution in [1.82, 2.24) is 10.3 Å². The van der Waals surface area contributed by atoms with Crippen LogP contribution in [0.1, 0.15) is 33.8 Å². The molecule has 0 radical (unpaired) electrons. The molecule has 2 aromatic rings. The van der Waals surface area contributed by atoms with E-state index in [1.807, 2.05) is 17.5 Å². The number of piperidine rings is 1. The van der Waals surface area contributed by atoms with Gasteiger partial charge in [0.1, 0.15) is 10.7 Å². The van der Waals surface area contributed by atoms with Crippen LogP contribution in [0.3, 0.4) is 0 Å². The summed E-state index contributed by atoms with van der Waals surface area (Å²) in [4.78, 5) is 20.5. The van der Waals surface area contributed by atoms with Crippen molar-refractivity contribution in [3.8, 4) is 0 Å². The first-order chi connectivity index (χ1) is 10.2. The van der Waals surface area contributed by atoms with E-state index in [9.17, 15) is 4.79 Å². The van der Waals surface area contributed by atoms with Crippen LogP contribution in [0.15, 0.2) is 17.5 Å². The Kier molecular flexibility index (Phi) is 4.40. The lowest BCUT2D eigenvalue weighted by Gasteiger charge is -2.25. The summed E-state index contributed by atoms with van der Waals surface area (Å²) in [7, 11) is 0. The van der Waals surface area contributed by atoms with Crippen molar-refractivity contribution in [1.29, 1.82) is 0 Å². The van der Waals surface area contributed by atoms with Crippen LogP contribution in [0, 0.1) is 0 Å². The molecule has 2 aromatic heterocycles. The zero-order chi connectivity index (χ0) is 14.7. The lowest BCUT2D eigenvalue weighted by molar-refractivity contribution is 0.0956. The molecule has 0 saturated carbocycles. The number of hydrogen-bond acceptors (Lipinski definition) is 6. The number of thiophene rings is 1. The Bertz CT molecular complexity index is 603. The molecule has 0 bridgehead atoms. The minimum Gasteiger partial charge on any atom is -0.382 e. The number of rotatable bonds is 4. The Hall–Kier alpha value is -1.60. The Morgan fingerprint density at radius 2 is 2.19 bits per heavy atom. The van der Waals surface area contributed by atoms with E-state index in [4.69, 9.17) is 5.73 Å². The molecule has 1 aliphatic heterocycles. The maximum atomic E-state index is 12.2.